The van der Waals surface area contributed by atoms with Gasteiger partial charge in [-0.2, -0.15) is 11.8 Å². The van der Waals surface area contributed by atoms with E-state index in [4.69, 9.17) is 4.74 Å². The zero-order chi connectivity index (χ0) is 13.4. The molecule has 0 fully saturated rings. The number of aliphatic hydroxyl groups excluding tert-OH is 1. The lowest BCUT2D eigenvalue weighted by molar-refractivity contribution is 0.0610. The van der Waals surface area contributed by atoms with E-state index in [2.05, 4.69) is 5.32 Å². The van der Waals surface area contributed by atoms with Crippen molar-refractivity contribution in [2.24, 2.45) is 0 Å². The maximum atomic E-state index is 11.8. The average Bonchev–Trinajstić information content (AvgIpc) is 2.37. The quantitative estimate of drug-likeness (QED) is 0.783. The number of hydrogen-bond acceptors (Lipinski definition) is 4. The number of hydrogen-bond donors (Lipinski definition) is 2. The molecule has 0 saturated carbocycles. The van der Waals surface area contributed by atoms with Gasteiger partial charge in [0, 0.05) is 25.0 Å². The summed E-state index contributed by atoms with van der Waals surface area (Å²) < 4.78 is 4.78. The van der Waals surface area contributed by atoms with Crippen LogP contribution in [-0.4, -0.2) is 43.6 Å². The fourth-order valence-corrected chi connectivity index (χ4v) is 2.01. The first kappa shape index (κ1) is 15.0. The van der Waals surface area contributed by atoms with Gasteiger partial charge < -0.3 is 15.2 Å². The molecule has 0 spiro atoms. The van der Waals surface area contributed by atoms with Crippen LogP contribution in [0.1, 0.15) is 15.9 Å². The van der Waals surface area contributed by atoms with Crippen LogP contribution in [0, 0.1) is 0 Å². The number of carbonyl (C=O) groups is 1. The summed E-state index contributed by atoms with van der Waals surface area (Å²) in [5.74, 6) is 0.759. The molecule has 0 aliphatic carbocycles. The molecule has 1 aromatic rings. The molecule has 18 heavy (non-hydrogen) atoms. The summed E-state index contributed by atoms with van der Waals surface area (Å²) >= 11 is 1.74. The van der Waals surface area contributed by atoms with Crippen LogP contribution in [0.4, 0.5) is 0 Å². The summed E-state index contributed by atoms with van der Waals surface area (Å²) in [6.07, 6.45) is 1.37. The first-order valence-corrected chi connectivity index (χ1v) is 7.09. The number of thioether (sulfide) groups is 1. The molecule has 5 heteroatoms. The Morgan fingerprint density at radius 3 is 2.67 bits per heavy atom. The van der Waals surface area contributed by atoms with Gasteiger partial charge in [-0.3, -0.25) is 4.79 Å². The van der Waals surface area contributed by atoms with Crippen LogP contribution in [0.25, 0.3) is 0 Å². The Balaban J connectivity index is 2.46. The molecule has 0 bridgehead atoms. The van der Waals surface area contributed by atoms with E-state index >= 15 is 0 Å². The van der Waals surface area contributed by atoms with E-state index in [9.17, 15) is 9.90 Å². The van der Waals surface area contributed by atoms with Crippen LogP contribution in [0.5, 0.6) is 0 Å². The molecule has 1 unspecified atom stereocenters. The molecule has 1 rings (SSSR count). The molecule has 100 valence electrons. The van der Waals surface area contributed by atoms with E-state index in [0.717, 1.165) is 5.75 Å². The zero-order valence-electron chi connectivity index (χ0n) is 10.7. The highest BCUT2D eigenvalue weighted by Crippen LogP contribution is 2.10. The highest BCUT2D eigenvalue weighted by molar-refractivity contribution is 7.97. The summed E-state index contributed by atoms with van der Waals surface area (Å²) in [6.45, 7) is 0.409. The summed E-state index contributed by atoms with van der Waals surface area (Å²) in [5, 5.41) is 12.1. The highest BCUT2D eigenvalue weighted by Gasteiger charge is 2.08. The Hall–Kier alpha value is -1.04. The van der Waals surface area contributed by atoms with Crippen molar-refractivity contribution in [2.45, 2.75) is 11.9 Å². The Kier molecular flexibility index (Phi) is 6.78. The van der Waals surface area contributed by atoms with Crippen molar-refractivity contribution in [3.05, 3.63) is 35.4 Å². The van der Waals surface area contributed by atoms with Crippen LogP contribution in [-0.2, 0) is 10.5 Å². The van der Waals surface area contributed by atoms with E-state index in [1.807, 2.05) is 18.4 Å². The zero-order valence-corrected chi connectivity index (χ0v) is 11.5. The number of ether oxygens (including phenoxy) is 1. The number of methoxy groups -OCH3 is 1. The van der Waals surface area contributed by atoms with Crippen molar-refractivity contribution in [3.8, 4) is 0 Å². The standard InChI is InChI=1S/C13H19NO3S/c1-17-8-12(15)7-14-13(16)11-5-3-10(4-6-11)9-18-2/h3-6,12,15H,7-9H2,1-2H3,(H,14,16). The van der Waals surface area contributed by atoms with Crippen molar-refractivity contribution < 1.29 is 14.6 Å². The molecule has 1 aromatic carbocycles. The Morgan fingerprint density at radius 2 is 2.11 bits per heavy atom. The number of benzene rings is 1. The van der Waals surface area contributed by atoms with E-state index < -0.39 is 6.10 Å². The van der Waals surface area contributed by atoms with Crippen LogP contribution < -0.4 is 5.32 Å². The summed E-state index contributed by atoms with van der Waals surface area (Å²) in [6, 6.07) is 7.47. The lowest BCUT2D eigenvalue weighted by Crippen LogP contribution is -2.34. The van der Waals surface area contributed by atoms with Crippen LogP contribution in [0.15, 0.2) is 24.3 Å². The summed E-state index contributed by atoms with van der Waals surface area (Å²) in [5.41, 5.74) is 1.79. The number of rotatable bonds is 7. The van der Waals surface area contributed by atoms with E-state index in [-0.39, 0.29) is 19.1 Å². The molecule has 0 aliphatic heterocycles. The van der Waals surface area contributed by atoms with Crippen molar-refractivity contribution in [2.75, 3.05) is 26.5 Å². The third-order valence-electron chi connectivity index (χ3n) is 2.38. The van der Waals surface area contributed by atoms with Crippen molar-refractivity contribution in [1.29, 1.82) is 0 Å². The summed E-state index contributed by atoms with van der Waals surface area (Å²) in [7, 11) is 1.51. The first-order valence-electron chi connectivity index (χ1n) is 5.70. The number of amides is 1. The second-order valence-corrected chi connectivity index (χ2v) is 4.82. The lowest BCUT2D eigenvalue weighted by atomic mass is 10.1. The second-order valence-electron chi connectivity index (χ2n) is 3.95. The van der Waals surface area contributed by atoms with E-state index in [1.54, 1.807) is 23.9 Å². The monoisotopic (exact) mass is 269 g/mol. The molecular weight excluding hydrogens is 250 g/mol. The molecule has 0 radical (unpaired) electrons. The van der Waals surface area contributed by atoms with Crippen molar-refractivity contribution in [3.63, 3.8) is 0 Å². The van der Waals surface area contributed by atoms with E-state index in [0.29, 0.717) is 5.56 Å². The predicted molar refractivity (Wildman–Crippen MR) is 73.9 cm³/mol. The van der Waals surface area contributed by atoms with Gasteiger partial charge >= 0.3 is 0 Å². The fourth-order valence-electron chi connectivity index (χ4n) is 1.48. The minimum absolute atomic E-state index is 0.180. The third kappa shape index (κ3) is 5.08. The SMILES string of the molecule is COCC(O)CNC(=O)c1ccc(CSC)cc1. The predicted octanol–water partition coefficient (Wildman–Crippen LogP) is 1.29. The third-order valence-corrected chi connectivity index (χ3v) is 3.01. The molecule has 1 atom stereocenters. The Bertz CT molecular complexity index is 367. The molecular formula is C13H19NO3S. The molecule has 2 N–H and O–H groups in total. The van der Waals surface area contributed by atoms with Gasteiger partial charge in [-0.15, -0.1) is 0 Å². The number of carbonyl (C=O) groups excluding carboxylic acids is 1. The van der Waals surface area contributed by atoms with Crippen LogP contribution >= 0.6 is 11.8 Å². The van der Waals surface area contributed by atoms with Crippen molar-refractivity contribution >= 4 is 17.7 Å². The maximum absolute atomic E-state index is 11.8. The molecule has 0 aromatic heterocycles. The summed E-state index contributed by atoms with van der Waals surface area (Å²) in [4.78, 5) is 11.8. The van der Waals surface area contributed by atoms with Gasteiger partial charge in [-0.25, -0.2) is 0 Å². The molecule has 4 nitrogen and oxygen atoms in total. The number of nitrogens with one attached hydrogen (secondary N) is 1. The molecule has 1 amide bonds. The normalized spacial score (nSPS) is 12.2. The highest BCUT2D eigenvalue weighted by atomic mass is 32.2. The average molecular weight is 269 g/mol. The topological polar surface area (TPSA) is 58.6 Å². The molecule has 0 aliphatic rings. The minimum atomic E-state index is -0.672. The number of aliphatic hydroxyl groups is 1. The second kappa shape index (κ2) is 8.13. The maximum Gasteiger partial charge on any atom is 0.251 e. The fraction of sp³-hybridized carbons (Fsp3) is 0.462. The van der Waals surface area contributed by atoms with Gasteiger partial charge in [0.25, 0.3) is 5.91 Å². The van der Waals surface area contributed by atoms with Crippen molar-refractivity contribution in [1.82, 2.24) is 5.32 Å². The van der Waals surface area contributed by atoms with Gasteiger partial charge in [0.05, 0.1) is 12.7 Å². The molecule has 0 saturated heterocycles. The largest absolute Gasteiger partial charge is 0.389 e. The van der Waals surface area contributed by atoms with Crippen LogP contribution in [0.2, 0.25) is 0 Å². The smallest absolute Gasteiger partial charge is 0.251 e. The first-order chi connectivity index (χ1) is 8.67. The Labute approximate surface area is 112 Å². The minimum Gasteiger partial charge on any atom is -0.389 e. The Morgan fingerprint density at radius 1 is 1.44 bits per heavy atom. The van der Waals surface area contributed by atoms with Gasteiger partial charge in [0.1, 0.15) is 0 Å². The van der Waals surface area contributed by atoms with Gasteiger partial charge in [-0.05, 0) is 24.0 Å². The van der Waals surface area contributed by atoms with Gasteiger partial charge in [0.15, 0.2) is 0 Å². The van der Waals surface area contributed by atoms with E-state index in [1.165, 1.54) is 12.7 Å². The van der Waals surface area contributed by atoms with Crippen LogP contribution in [0.3, 0.4) is 0 Å². The molecule has 0 heterocycles. The van der Waals surface area contributed by atoms with Gasteiger partial charge in [-0.1, -0.05) is 12.1 Å². The lowest BCUT2D eigenvalue weighted by Gasteiger charge is -2.10. The van der Waals surface area contributed by atoms with Gasteiger partial charge in [0.2, 0.25) is 0 Å².